The van der Waals surface area contributed by atoms with Gasteiger partial charge in [-0.1, -0.05) is 15.9 Å². The van der Waals surface area contributed by atoms with Crippen molar-refractivity contribution < 1.29 is 23.9 Å². The number of hydrogen-bond acceptors (Lipinski definition) is 7. The Labute approximate surface area is 253 Å². The van der Waals surface area contributed by atoms with Crippen LogP contribution in [-0.2, 0) is 21.4 Å². The summed E-state index contributed by atoms with van der Waals surface area (Å²) in [5.74, 6) is 0.208. The van der Waals surface area contributed by atoms with Crippen LogP contribution < -0.4 is 20.1 Å². The number of amides is 3. The highest BCUT2D eigenvalue weighted by atomic mass is 79.9. The Morgan fingerprint density at radius 3 is 2.64 bits per heavy atom. The number of halogens is 1. The van der Waals surface area contributed by atoms with Crippen molar-refractivity contribution in [2.24, 2.45) is 12.5 Å². The number of anilines is 1. The van der Waals surface area contributed by atoms with Crippen molar-refractivity contribution in [3.05, 3.63) is 46.1 Å². The van der Waals surface area contributed by atoms with Crippen LogP contribution in [0.1, 0.15) is 55.7 Å². The molecule has 1 atom stereocenters. The molecule has 0 bridgehead atoms. The fourth-order valence-corrected chi connectivity index (χ4v) is 6.99. The van der Waals surface area contributed by atoms with Gasteiger partial charge in [-0.25, -0.2) is 0 Å². The first-order valence-corrected chi connectivity index (χ1v) is 15.3. The maximum Gasteiger partial charge on any atom is 0.238 e. The summed E-state index contributed by atoms with van der Waals surface area (Å²) in [6.45, 7) is 4.14. The van der Waals surface area contributed by atoms with Gasteiger partial charge >= 0.3 is 0 Å². The van der Waals surface area contributed by atoms with Gasteiger partial charge in [0.05, 0.1) is 37.1 Å². The van der Waals surface area contributed by atoms with E-state index in [2.05, 4.69) is 49.6 Å². The summed E-state index contributed by atoms with van der Waals surface area (Å²) >= 11 is 3.54. The molecular formula is C31H36BrN5O5. The molecule has 3 aromatic rings. The van der Waals surface area contributed by atoms with Crippen molar-refractivity contribution in [1.82, 2.24) is 20.0 Å². The van der Waals surface area contributed by atoms with E-state index < -0.39 is 5.92 Å². The van der Waals surface area contributed by atoms with Gasteiger partial charge in [0.1, 0.15) is 11.3 Å². The van der Waals surface area contributed by atoms with Crippen molar-refractivity contribution in [1.29, 1.82) is 0 Å². The van der Waals surface area contributed by atoms with E-state index in [1.807, 2.05) is 18.2 Å². The lowest BCUT2D eigenvalue weighted by Crippen LogP contribution is -2.51. The number of imide groups is 1. The number of hydrogen-bond donors (Lipinski definition) is 2. The van der Waals surface area contributed by atoms with Crippen molar-refractivity contribution in [3.8, 4) is 11.5 Å². The molecule has 2 aliphatic heterocycles. The molecule has 10 nitrogen and oxygen atoms in total. The third kappa shape index (κ3) is 5.51. The van der Waals surface area contributed by atoms with E-state index in [9.17, 15) is 14.4 Å². The van der Waals surface area contributed by atoms with E-state index in [0.717, 1.165) is 54.4 Å². The summed E-state index contributed by atoms with van der Waals surface area (Å²) < 4.78 is 14.7. The van der Waals surface area contributed by atoms with E-state index in [-0.39, 0.29) is 30.2 Å². The first-order chi connectivity index (χ1) is 20.1. The maximum absolute atomic E-state index is 13.1. The third-order valence-corrected chi connectivity index (χ3v) is 9.96. The molecule has 3 amide bonds. The SMILES string of the molecule is COc1c(NC(=O)CN2CCC3(CC2)CC(Oc2ccc(Br)c(C)c2)C3)ccc2c(C3CCC(=O)NC3=O)nn(C)c12. The Kier molecular flexibility index (Phi) is 7.74. The van der Waals surface area contributed by atoms with Gasteiger partial charge in [-0.05, 0) is 93.4 Å². The van der Waals surface area contributed by atoms with E-state index in [4.69, 9.17) is 9.47 Å². The molecule has 42 heavy (non-hydrogen) atoms. The molecular weight excluding hydrogens is 602 g/mol. The summed E-state index contributed by atoms with van der Waals surface area (Å²) in [6.07, 6.45) is 5.19. The quantitative estimate of drug-likeness (QED) is 0.368. The lowest BCUT2D eigenvalue weighted by atomic mass is 9.61. The number of methoxy groups -OCH3 is 1. The zero-order valence-corrected chi connectivity index (χ0v) is 25.8. The molecule has 1 aliphatic carbocycles. The third-order valence-electron chi connectivity index (χ3n) is 9.07. The van der Waals surface area contributed by atoms with Crippen molar-refractivity contribution in [2.45, 2.75) is 57.5 Å². The monoisotopic (exact) mass is 637 g/mol. The predicted octanol–water partition coefficient (Wildman–Crippen LogP) is 4.44. The Hall–Kier alpha value is -3.44. The van der Waals surface area contributed by atoms with Crippen LogP contribution in [0.25, 0.3) is 10.9 Å². The van der Waals surface area contributed by atoms with Gasteiger partial charge in [0.15, 0.2) is 5.75 Å². The smallest absolute Gasteiger partial charge is 0.238 e. The maximum atomic E-state index is 13.1. The minimum Gasteiger partial charge on any atom is -0.492 e. The summed E-state index contributed by atoms with van der Waals surface area (Å²) in [4.78, 5) is 39.5. The number of aryl methyl sites for hydroxylation is 2. The van der Waals surface area contributed by atoms with Gasteiger partial charge in [-0.15, -0.1) is 0 Å². The molecule has 2 N–H and O–H groups in total. The van der Waals surface area contributed by atoms with Gasteiger partial charge in [-0.2, -0.15) is 5.10 Å². The second kappa shape index (κ2) is 11.3. The first-order valence-electron chi connectivity index (χ1n) is 14.5. The van der Waals surface area contributed by atoms with Gasteiger partial charge in [0, 0.05) is 23.3 Å². The highest BCUT2D eigenvalue weighted by molar-refractivity contribution is 9.10. The normalized spacial score (nSPS) is 20.8. The van der Waals surface area contributed by atoms with Crippen molar-refractivity contribution >= 4 is 50.2 Å². The van der Waals surface area contributed by atoms with E-state index in [1.165, 1.54) is 5.56 Å². The van der Waals surface area contributed by atoms with Gasteiger partial charge in [0.2, 0.25) is 17.7 Å². The zero-order chi connectivity index (χ0) is 29.6. The van der Waals surface area contributed by atoms with E-state index >= 15 is 0 Å². The number of nitrogens with zero attached hydrogens (tertiary/aromatic N) is 3. The molecule has 1 aromatic heterocycles. The minimum atomic E-state index is -0.513. The highest BCUT2D eigenvalue weighted by Crippen LogP contribution is 2.50. The molecule has 222 valence electrons. The van der Waals surface area contributed by atoms with Crippen LogP contribution in [0, 0.1) is 12.3 Å². The number of carbonyl (C=O) groups excluding carboxylic acids is 3. The van der Waals surface area contributed by atoms with Gasteiger partial charge in [0.25, 0.3) is 0 Å². The number of benzene rings is 2. The number of nitrogens with one attached hydrogen (secondary N) is 2. The molecule has 3 aliphatic rings. The number of likely N-dealkylation sites (tertiary alicyclic amines) is 1. The average Bonchev–Trinajstić information content (AvgIpc) is 3.27. The fraction of sp³-hybridized carbons (Fsp3) is 0.484. The molecule has 3 fully saturated rings. The Morgan fingerprint density at radius 1 is 1.19 bits per heavy atom. The molecule has 11 heteroatoms. The van der Waals surface area contributed by atoms with Crippen LogP contribution in [0.5, 0.6) is 11.5 Å². The molecule has 2 saturated heterocycles. The second-order valence-electron chi connectivity index (χ2n) is 11.9. The number of piperidine rings is 2. The van der Waals surface area contributed by atoms with Gasteiger partial charge < -0.3 is 14.8 Å². The van der Waals surface area contributed by atoms with Crippen molar-refractivity contribution in [2.75, 3.05) is 32.1 Å². The highest BCUT2D eigenvalue weighted by Gasteiger charge is 2.47. The molecule has 1 unspecified atom stereocenters. The number of ether oxygens (including phenoxy) is 2. The summed E-state index contributed by atoms with van der Waals surface area (Å²) in [5.41, 5.74) is 3.34. The summed E-state index contributed by atoms with van der Waals surface area (Å²) in [5, 5.41) is 10.8. The van der Waals surface area contributed by atoms with Crippen LogP contribution in [0.3, 0.4) is 0 Å². The first kappa shape index (κ1) is 28.7. The number of carbonyl (C=O) groups is 3. The topological polar surface area (TPSA) is 115 Å². The lowest BCUT2D eigenvalue weighted by molar-refractivity contribution is -0.134. The Bertz CT molecular complexity index is 1550. The molecule has 3 heterocycles. The number of aromatic nitrogens is 2. The summed E-state index contributed by atoms with van der Waals surface area (Å²) in [7, 11) is 3.34. The summed E-state index contributed by atoms with van der Waals surface area (Å²) in [6, 6.07) is 9.78. The Morgan fingerprint density at radius 2 is 1.95 bits per heavy atom. The molecule has 6 rings (SSSR count). The minimum absolute atomic E-state index is 0.100. The van der Waals surface area contributed by atoms with E-state index in [1.54, 1.807) is 24.9 Å². The standard InChI is InChI=1S/C31H36BrN5O5/c1-18-14-19(4-7-23(18)32)42-20-15-31(16-20)10-12-37(13-11-31)17-26(39)33-24-8-5-21-27(22-6-9-25(38)34-30(22)40)35-36(2)28(21)29(24)41-3/h4-5,7-8,14,20,22H,6,9-13,15-17H2,1-3H3,(H,33,39)(H,34,38,40). The molecule has 2 aromatic carbocycles. The Balaban J connectivity index is 1.05. The fourth-order valence-electron chi connectivity index (χ4n) is 6.74. The van der Waals surface area contributed by atoms with Crippen LogP contribution in [0.2, 0.25) is 0 Å². The number of rotatable bonds is 7. The largest absolute Gasteiger partial charge is 0.492 e. The molecule has 0 radical (unpaired) electrons. The molecule has 1 saturated carbocycles. The second-order valence-corrected chi connectivity index (χ2v) is 12.8. The van der Waals surface area contributed by atoms with Crippen LogP contribution in [0.4, 0.5) is 5.69 Å². The zero-order valence-electron chi connectivity index (χ0n) is 24.2. The van der Waals surface area contributed by atoms with Crippen LogP contribution in [-0.4, -0.2) is 65.2 Å². The molecule has 1 spiro atoms. The van der Waals surface area contributed by atoms with Gasteiger partial charge in [-0.3, -0.25) is 29.3 Å². The van der Waals surface area contributed by atoms with Crippen LogP contribution in [0.15, 0.2) is 34.8 Å². The predicted molar refractivity (Wildman–Crippen MR) is 162 cm³/mol. The van der Waals surface area contributed by atoms with Crippen molar-refractivity contribution in [3.63, 3.8) is 0 Å². The van der Waals surface area contributed by atoms with E-state index in [0.29, 0.717) is 41.0 Å². The lowest BCUT2D eigenvalue weighted by Gasteiger charge is -2.51. The average molecular weight is 639 g/mol. The van der Waals surface area contributed by atoms with Crippen LogP contribution >= 0.6 is 15.9 Å². The number of fused-ring (bicyclic) bond motifs is 1.